The van der Waals surface area contributed by atoms with Gasteiger partial charge in [0.25, 0.3) is 5.91 Å². The van der Waals surface area contributed by atoms with E-state index in [0.29, 0.717) is 30.9 Å². The van der Waals surface area contributed by atoms with E-state index in [1.54, 1.807) is 42.7 Å². The van der Waals surface area contributed by atoms with E-state index in [4.69, 9.17) is 4.74 Å². The number of ether oxygens (including phenoxy) is 1. The first-order valence-corrected chi connectivity index (χ1v) is 9.78. The highest BCUT2D eigenvalue weighted by molar-refractivity contribution is 5.95. The summed E-state index contributed by atoms with van der Waals surface area (Å²) in [6.07, 6.45) is 5.10. The fourth-order valence-electron chi connectivity index (χ4n) is 2.68. The topological polar surface area (TPSA) is 92.4 Å². The maximum absolute atomic E-state index is 12.1. The smallest absolute Gasteiger partial charge is 0.319 e. The van der Waals surface area contributed by atoms with Crippen LogP contribution in [-0.4, -0.2) is 23.5 Å². The predicted octanol–water partition coefficient (Wildman–Crippen LogP) is 3.90. The number of carbonyl (C=O) groups excluding carboxylic acids is 2. The normalized spacial score (nSPS) is 10.1. The zero-order chi connectivity index (χ0) is 21.9. The van der Waals surface area contributed by atoms with Gasteiger partial charge in [-0.15, -0.1) is 6.58 Å². The molecule has 0 saturated carbocycles. The van der Waals surface area contributed by atoms with E-state index in [-0.39, 0.29) is 11.9 Å². The molecule has 1 aromatic heterocycles. The molecule has 158 valence electrons. The summed E-state index contributed by atoms with van der Waals surface area (Å²) >= 11 is 0. The molecule has 3 N–H and O–H groups in total. The molecule has 0 bridgehead atoms. The molecule has 0 aliphatic heterocycles. The molecule has 1 heterocycles. The van der Waals surface area contributed by atoms with Crippen LogP contribution in [0, 0.1) is 0 Å². The van der Waals surface area contributed by atoms with Crippen molar-refractivity contribution in [3.8, 4) is 5.75 Å². The Kier molecular flexibility index (Phi) is 7.77. The maximum Gasteiger partial charge on any atom is 0.319 e. The van der Waals surface area contributed by atoms with Gasteiger partial charge in [-0.05, 0) is 48.0 Å². The number of anilines is 1. The lowest BCUT2D eigenvalue weighted by Crippen LogP contribution is -2.28. The van der Waals surface area contributed by atoms with Gasteiger partial charge in [-0.25, -0.2) is 4.79 Å². The Bertz CT molecular complexity index is 1000. The average molecular weight is 416 g/mol. The molecule has 7 nitrogen and oxygen atoms in total. The summed E-state index contributed by atoms with van der Waals surface area (Å²) in [6, 6.07) is 17.7. The van der Waals surface area contributed by atoms with Crippen molar-refractivity contribution < 1.29 is 14.3 Å². The molecular formula is C24H24N4O3. The number of hydrogen-bond donors (Lipinski definition) is 3. The molecule has 7 heteroatoms. The Hall–Kier alpha value is -4.13. The molecule has 3 aromatic rings. The average Bonchev–Trinajstić information content (AvgIpc) is 2.81. The van der Waals surface area contributed by atoms with E-state index >= 15 is 0 Å². The van der Waals surface area contributed by atoms with Crippen LogP contribution in [0.2, 0.25) is 0 Å². The number of aromatic nitrogens is 1. The number of carbonyl (C=O) groups is 2. The monoisotopic (exact) mass is 416 g/mol. The van der Waals surface area contributed by atoms with Crippen LogP contribution in [0.3, 0.4) is 0 Å². The molecule has 0 aliphatic rings. The molecule has 0 aliphatic carbocycles. The van der Waals surface area contributed by atoms with E-state index in [2.05, 4.69) is 27.5 Å². The van der Waals surface area contributed by atoms with Crippen LogP contribution in [0.15, 0.2) is 85.7 Å². The van der Waals surface area contributed by atoms with Crippen molar-refractivity contribution in [2.45, 2.75) is 13.2 Å². The molecular weight excluding hydrogens is 392 g/mol. The number of nitrogens with zero attached hydrogens (tertiary/aromatic N) is 1. The van der Waals surface area contributed by atoms with Crippen molar-refractivity contribution in [2.75, 3.05) is 11.9 Å². The van der Waals surface area contributed by atoms with Gasteiger partial charge in [0.05, 0.1) is 0 Å². The summed E-state index contributed by atoms with van der Waals surface area (Å²) in [5.74, 6) is 0.554. The Morgan fingerprint density at radius 3 is 2.42 bits per heavy atom. The van der Waals surface area contributed by atoms with Crippen LogP contribution in [-0.2, 0) is 13.2 Å². The Morgan fingerprint density at radius 2 is 1.74 bits per heavy atom. The van der Waals surface area contributed by atoms with Gasteiger partial charge in [-0.3, -0.25) is 9.78 Å². The van der Waals surface area contributed by atoms with E-state index in [0.717, 1.165) is 16.9 Å². The van der Waals surface area contributed by atoms with Gasteiger partial charge in [-0.2, -0.15) is 0 Å². The van der Waals surface area contributed by atoms with E-state index in [1.165, 1.54) is 0 Å². The van der Waals surface area contributed by atoms with Crippen molar-refractivity contribution in [2.24, 2.45) is 0 Å². The minimum Gasteiger partial charge on any atom is -0.489 e. The van der Waals surface area contributed by atoms with Gasteiger partial charge >= 0.3 is 6.03 Å². The van der Waals surface area contributed by atoms with Crippen LogP contribution in [0.4, 0.5) is 10.5 Å². The third-order valence-corrected chi connectivity index (χ3v) is 4.32. The highest BCUT2D eigenvalue weighted by Gasteiger charge is 2.06. The fraction of sp³-hybridized carbons (Fsp3) is 0.125. The van der Waals surface area contributed by atoms with Crippen LogP contribution in [0.5, 0.6) is 5.75 Å². The molecule has 0 fully saturated rings. The fourth-order valence-corrected chi connectivity index (χ4v) is 2.68. The molecule has 2 aromatic carbocycles. The number of pyridine rings is 1. The lowest BCUT2D eigenvalue weighted by atomic mass is 10.2. The highest BCUT2D eigenvalue weighted by atomic mass is 16.5. The summed E-state index contributed by atoms with van der Waals surface area (Å²) in [6.45, 7) is 4.78. The SMILES string of the molecule is C=CCNC(=O)c1ccc(NC(=O)NCc2ccc(OCc3cccnc3)cc2)cc1. The highest BCUT2D eigenvalue weighted by Crippen LogP contribution is 2.14. The van der Waals surface area contributed by atoms with Crippen molar-refractivity contribution in [1.29, 1.82) is 0 Å². The first-order valence-electron chi connectivity index (χ1n) is 9.78. The molecule has 3 amide bonds. The molecule has 0 unspecified atom stereocenters. The number of urea groups is 1. The number of benzene rings is 2. The number of rotatable bonds is 9. The minimum atomic E-state index is -0.333. The van der Waals surface area contributed by atoms with Crippen LogP contribution in [0.1, 0.15) is 21.5 Å². The number of amides is 3. The molecule has 0 spiro atoms. The Labute approximate surface area is 181 Å². The van der Waals surface area contributed by atoms with Gasteiger partial charge in [0.15, 0.2) is 0 Å². The first-order chi connectivity index (χ1) is 15.1. The second kappa shape index (κ2) is 11.2. The second-order valence-electron chi connectivity index (χ2n) is 6.68. The summed E-state index contributed by atoms with van der Waals surface area (Å²) < 4.78 is 5.73. The van der Waals surface area contributed by atoms with E-state index < -0.39 is 0 Å². The zero-order valence-corrected chi connectivity index (χ0v) is 17.0. The van der Waals surface area contributed by atoms with Gasteiger partial charge in [-0.1, -0.05) is 24.3 Å². The predicted molar refractivity (Wildman–Crippen MR) is 120 cm³/mol. The molecule has 0 saturated heterocycles. The Balaban J connectivity index is 1.43. The second-order valence-corrected chi connectivity index (χ2v) is 6.68. The zero-order valence-electron chi connectivity index (χ0n) is 17.0. The molecule has 0 atom stereocenters. The lowest BCUT2D eigenvalue weighted by Gasteiger charge is -2.10. The van der Waals surface area contributed by atoms with Crippen LogP contribution < -0.4 is 20.7 Å². The standard InChI is InChI=1S/C24H24N4O3/c1-2-13-26-23(29)20-7-9-21(10-8-20)28-24(30)27-16-18-5-11-22(12-6-18)31-17-19-4-3-14-25-15-19/h2-12,14-15H,1,13,16-17H2,(H,26,29)(H2,27,28,30). The Morgan fingerprint density at radius 1 is 0.968 bits per heavy atom. The maximum atomic E-state index is 12.1. The lowest BCUT2D eigenvalue weighted by molar-refractivity contribution is 0.0958. The van der Waals surface area contributed by atoms with Crippen molar-refractivity contribution in [3.63, 3.8) is 0 Å². The van der Waals surface area contributed by atoms with E-state index in [9.17, 15) is 9.59 Å². The van der Waals surface area contributed by atoms with Gasteiger partial charge < -0.3 is 20.7 Å². The quantitative estimate of drug-likeness (QED) is 0.461. The minimum absolute atomic E-state index is 0.191. The largest absolute Gasteiger partial charge is 0.489 e. The first kappa shape index (κ1) is 21.6. The van der Waals surface area contributed by atoms with Crippen molar-refractivity contribution >= 4 is 17.6 Å². The molecule has 3 rings (SSSR count). The molecule has 0 radical (unpaired) electrons. The summed E-state index contributed by atoms with van der Waals surface area (Å²) in [7, 11) is 0. The van der Waals surface area contributed by atoms with Gasteiger partial charge in [0.2, 0.25) is 0 Å². The summed E-state index contributed by atoms with van der Waals surface area (Å²) in [5, 5.41) is 8.24. The van der Waals surface area contributed by atoms with Crippen LogP contribution >= 0.6 is 0 Å². The number of hydrogen-bond acceptors (Lipinski definition) is 4. The van der Waals surface area contributed by atoms with Crippen molar-refractivity contribution in [1.82, 2.24) is 15.6 Å². The third-order valence-electron chi connectivity index (χ3n) is 4.32. The molecule has 31 heavy (non-hydrogen) atoms. The third kappa shape index (κ3) is 7.01. The van der Waals surface area contributed by atoms with Gasteiger partial charge in [0, 0.05) is 42.3 Å². The summed E-state index contributed by atoms with van der Waals surface area (Å²) in [5.41, 5.74) is 3.05. The van der Waals surface area contributed by atoms with Gasteiger partial charge in [0.1, 0.15) is 12.4 Å². The van der Waals surface area contributed by atoms with Crippen molar-refractivity contribution in [3.05, 3.63) is 102 Å². The summed E-state index contributed by atoms with van der Waals surface area (Å²) in [4.78, 5) is 28.0. The van der Waals surface area contributed by atoms with Crippen LogP contribution in [0.25, 0.3) is 0 Å². The number of nitrogens with one attached hydrogen (secondary N) is 3. The van der Waals surface area contributed by atoms with E-state index in [1.807, 2.05) is 36.4 Å².